The molecule has 7 nitrogen and oxygen atoms in total. The number of hydrogen-bond donors (Lipinski definition) is 1. The van der Waals surface area contributed by atoms with Crippen LogP contribution in [0.2, 0.25) is 0 Å². The third-order valence-electron chi connectivity index (χ3n) is 9.17. The van der Waals surface area contributed by atoms with Gasteiger partial charge in [0.2, 0.25) is 0 Å². The maximum absolute atomic E-state index is 13.7. The molecule has 5 aliphatic rings. The molecule has 198 valence electrons. The summed E-state index contributed by atoms with van der Waals surface area (Å²) in [5.41, 5.74) is -0.253. The summed E-state index contributed by atoms with van der Waals surface area (Å²) < 4.78 is 57.8. The summed E-state index contributed by atoms with van der Waals surface area (Å²) in [5, 5.41) is 7.43. The number of alkyl halides is 3. The van der Waals surface area contributed by atoms with Gasteiger partial charge in [-0.1, -0.05) is 0 Å². The highest BCUT2D eigenvalue weighted by Gasteiger charge is 2.58. The molecule has 2 aliphatic carbocycles. The molecule has 1 aromatic heterocycles. The first-order chi connectivity index (χ1) is 17.6. The molecule has 1 aromatic carbocycles. The average Bonchev–Trinajstić information content (AvgIpc) is 3.13. The van der Waals surface area contributed by atoms with Crippen LogP contribution in [0.3, 0.4) is 0 Å². The van der Waals surface area contributed by atoms with Crippen molar-refractivity contribution in [2.24, 2.45) is 16.7 Å². The Labute approximate surface area is 211 Å². The highest BCUT2D eigenvalue weighted by molar-refractivity contribution is 5.77. The molecule has 3 aliphatic heterocycles. The van der Waals surface area contributed by atoms with E-state index in [2.05, 4.69) is 15.2 Å². The average molecular weight is 520 g/mol. The Morgan fingerprint density at radius 3 is 2.24 bits per heavy atom. The van der Waals surface area contributed by atoms with Gasteiger partial charge < -0.3 is 14.5 Å². The molecule has 2 aromatic rings. The van der Waals surface area contributed by atoms with E-state index in [-0.39, 0.29) is 22.8 Å². The van der Waals surface area contributed by atoms with Gasteiger partial charge in [0, 0.05) is 42.9 Å². The van der Waals surface area contributed by atoms with Crippen molar-refractivity contribution in [3.05, 3.63) is 46.8 Å². The van der Waals surface area contributed by atoms with Crippen LogP contribution in [0.25, 0.3) is 0 Å². The van der Waals surface area contributed by atoms with Crippen LogP contribution in [-0.4, -0.2) is 70.4 Å². The van der Waals surface area contributed by atoms with Crippen molar-refractivity contribution >= 4 is 6.03 Å². The van der Waals surface area contributed by atoms with Crippen LogP contribution in [0.1, 0.15) is 60.3 Å². The van der Waals surface area contributed by atoms with Gasteiger partial charge in [0.25, 0.3) is 0 Å². The van der Waals surface area contributed by atoms with E-state index >= 15 is 0 Å². The van der Waals surface area contributed by atoms with Gasteiger partial charge in [-0.2, -0.15) is 18.3 Å². The minimum Gasteiger partial charge on any atom is -0.380 e. The number of ether oxygens (including phenoxy) is 1. The van der Waals surface area contributed by atoms with Crippen LogP contribution in [0, 0.1) is 22.6 Å². The number of likely N-dealkylation sites (tertiary alicyclic amines) is 2. The van der Waals surface area contributed by atoms with E-state index in [1.807, 2.05) is 9.80 Å². The van der Waals surface area contributed by atoms with Crippen molar-refractivity contribution in [3.63, 3.8) is 0 Å². The lowest BCUT2D eigenvalue weighted by molar-refractivity contribution is -0.137. The molecule has 5 fully saturated rings. The van der Waals surface area contributed by atoms with E-state index in [1.165, 1.54) is 6.07 Å². The first-order valence-electron chi connectivity index (χ1n) is 13.0. The van der Waals surface area contributed by atoms with Crippen LogP contribution in [-0.2, 0) is 17.3 Å². The predicted molar refractivity (Wildman–Crippen MR) is 123 cm³/mol. The van der Waals surface area contributed by atoms with Crippen LogP contribution in [0.4, 0.5) is 22.4 Å². The molecule has 2 spiro atoms. The minimum atomic E-state index is -4.55. The van der Waals surface area contributed by atoms with Gasteiger partial charge in [-0.25, -0.2) is 14.2 Å². The Kier molecular flexibility index (Phi) is 5.01. The maximum atomic E-state index is 13.7. The fourth-order valence-corrected chi connectivity index (χ4v) is 7.31. The fourth-order valence-electron chi connectivity index (χ4n) is 7.31. The normalized spacial score (nSPS) is 24.9. The smallest absolute Gasteiger partial charge is 0.380 e. The lowest BCUT2D eigenvalue weighted by atomic mass is 9.56. The molecular formula is C26H29F4N5O2. The van der Waals surface area contributed by atoms with Crippen LogP contribution >= 0.6 is 0 Å². The topological polar surface area (TPSA) is 74.3 Å². The van der Waals surface area contributed by atoms with Gasteiger partial charge >= 0.3 is 12.2 Å². The Hall–Kier alpha value is -2.69. The molecule has 0 unspecified atom stereocenters. The summed E-state index contributed by atoms with van der Waals surface area (Å²) in [7, 11) is 0. The van der Waals surface area contributed by atoms with E-state index in [1.54, 1.807) is 0 Å². The van der Waals surface area contributed by atoms with Gasteiger partial charge in [0.15, 0.2) is 5.82 Å². The second-order valence-corrected chi connectivity index (χ2v) is 12.2. The highest BCUT2D eigenvalue weighted by atomic mass is 19.4. The number of benzene rings is 1. The number of urea groups is 1. The SMILES string of the molecule is O=C(N1CC2(CC(Cc3cc(F)cc(C(F)(F)F)c3)C2)C1)N1CC2(CC(c3nc(C4COC4)n[nH]3)C2)C1. The van der Waals surface area contributed by atoms with E-state index in [9.17, 15) is 22.4 Å². The van der Waals surface area contributed by atoms with Gasteiger partial charge in [0.05, 0.1) is 24.7 Å². The predicted octanol–water partition coefficient (Wildman–Crippen LogP) is 4.33. The molecule has 1 N–H and O–H groups in total. The molecule has 7 rings (SSSR count). The number of nitrogens with one attached hydrogen (secondary N) is 1. The molecule has 0 bridgehead atoms. The molecule has 2 saturated carbocycles. The number of H-pyrrole nitrogens is 1. The number of carbonyl (C=O) groups is 1. The third kappa shape index (κ3) is 4.00. The van der Waals surface area contributed by atoms with E-state index in [4.69, 9.17) is 4.74 Å². The Bertz CT molecular complexity index is 1210. The lowest BCUT2D eigenvalue weighted by Crippen LogP contribution is -2.70. The van der Waals surface area contributed by atoms with Crippen molar-refractivity contribution in [3.8, 4) is 0 Å². The molecule has 37 heavy (non-hydrogen) atoms. The third-order valence-corrected chi connectivity index (χ3v) is 9.17. The number of amides is 2. The number of nitrogens with zero attached hydrogens (tertiary/aromatic N) is 4. The second kappa shape index (κ2) is 7.91. The quantitative estimate of drug-likeness (QED) is 0.611. The Morgan fingerprint density at radius 2 is 1.65 bits per heavy atom. The van der Waals surface area contributed by atoms with Crippen molar-refractivity contribution < 1.29 is 27.1 Å². The zero-order chi connectivity index (χ0) is 25.6. The summed E-state index contributed by atoms with van der Waals surface area (Å²) >= 11 is 0. The molecular weight excluding hydrogens is 490 g/mol. The summed E-state index contributed by atoms with van der Waals surface area (Å²) in [5.74, 6) is 1.87. The molecule has 3 saturated heterocycles. The molecule has 0 atom stereocenters. The Balaban J connectivity index is 0.853. The van der Waals surface area contributed by atoms with Crippen LogP contribution in [0.15, 0.2) is 18.2 Å². The second-order valence-electron chi connectivity index (χ2n) is 12.2. The summed E-state index contributed by atoms with van der Waals surface area (Å²) in [6, 6.07) is 2.89. The van der Waals surface area contributed by atoms with Crippen molar-refractivity contribution in [2.75, 3.05) is 39.4 Å². The number of aromatic amines is 1. The van der Waals surface area contributed by atoms with E-state index < -0.39 is 17.6 Å². The number of hydrogen-bond acceptors (Lipinski definition) is 4. The first kappa shape index (κ1) is 23.4. The zero-order valence-electron chi connectivity index (χ0n) is 20.4. The standard InChI is InChI=1S/C26H29F4N5O2/c27-20-3-15(2-19(4-20)26(28,29)30)1-16-5-24(6-16)11-34(12-24)23(36)35-13-25(14-35)7-17(8-25)21-31-22(33-32-21)18-9-37-10-18/h2-4,16-18H,1,5-14H2,(H,31,32,33). The van der Waals surface area contributed by atoms with Crippen LogP contribution in [0.5, 0.6) is 0 Å². The minimum absolute atomic E-state index is 0.0834. The summed E-state index contributed by atoms with van der Waals surface area (Å²) in [6.45, 7) is 4.36. The number of aromatic nitrogens is 3. The highest BCUT2D eigenvalue weighted by Crippen LogP contribution is 2.57. The largest absolute Gasteiger partial charge is 0.416 e. The zero-order valence-corrected chi connectivity index (χ0v) is 20.4. The van der Waals surface area contributed by atoms with Crippen molar-refractivity contribution in [2.45, 2.75) is 50.1 Å². The number of rotatable bonds is 4. The monoisotopic (exact) mass is 519 g/mol. The van der Waals surface area contributed by atoms with Gasteiger partial charge in [0.1, 0.15) is 11.6 Å². The molecule has 4 heterocycles. The molecule has 0 radical (unpaired) electrons. The maximum Gasteiger partial charge on any atom is 0.416 e. The van der Waals surface area contributed by atoms with E-state index in [0.717, 1.165) is 56.5 Å². The van der Waals surface area contributed by atoms with Gasteiger partial charge in [-0.15, -0.1) is 0 Å². The lowest BCUT2D eigenvalue weighted by Gasteiger charge is -2.63. The van der Waals surface area contributed by atoms with Gasteiger partial charge in [-0.3, -0.25) is 5.10 Å². The fraction of sp³-hybridized carbons (Fsp3) is 0.654. The number of halogens is 4. The Morgan fingerprint density at radius 1 is 1.00 bits per heavy atom. The summed E-state index contributed by atoms with van der Waals surface area (Å²) in [4.78, 5) is 21.4. The molecule has 2 amide bonds. The van der Waals surface area contributed by atoms with Crippen molar-refractivity contribution in [1.82, 2.24) is 25.0 Å². The van der Waals surface area contributed by atoms with Gasteiger partial charge in [-0.05, 0) is 61.8 Å². The van der Waals surface area contributed by atoms with Crippen LogP contribution < -0.4 is 0 Å². The number of carbonyl (C=O) groups excluding carboxylic acids is 1. The molecule has 11 heteroatoms. The van der Waals surface area contributed by atoms with Crippen molar-refractivity contribution in [1.29, 1.82) is 0 Å². The first-order valence-corrected chi connectivity index (χ1v) is 13.0. The summed E-state index contributed by atoms with van der Waals surface area (Å²) in [6.07, 6.45) is -0.331. The van der Waals surface area contributed by atoms with E-state index in [0.29, 0.717) is 56.2 Å².